The number of carbonyl (C=O) groups is 1. The molecule has 0 saturated carbocycles. The minimum Gasteiger partial charge on any atom is -0.477 e. The monoisotopic (exact) mass is 310 g/mol. The Bertz CT molecular complexity index is 848. The van der Waals surface area contributed by atoms with Crippen molar-refractivity contribution in [3.05, 3.63) is 41.6 Å². The highest BCUT2D eigenvalue weighted by Crippen LogP contribution is 2.52. The van der Waals surface area contributed by atoms with E-state index in [0.717, 1.165) is 24.9 Å². The summed E-state index contributed by atoms with van der Waals surface area (Å²) in [5.41, 5.74) is 3.77. The predicted molar refractivity (Wildman–Crippen MR) is 91.3 cm³/mol. The van der Waals surface area contributed by atoms with Gasteiger partial charge in [0.05, 0.1) is 11.6 Å². The van der Waals surface area contributed by atoms with Crippen molar-refractivity contribution >= 4 is 22.6 Å². The van der Waals surface area contributed by atoms with Gasteiger partial charge in [0.25, 0.3) is 0 Å². The Kier molecular flexibility index (Phi) is 2.97. The van der Waals surface area contributed by atoms with Crippen LogP contribution in [-0.4, -0.2) is 34.1 Å². The van der Waals surface area contributed by atoms with Gasteiger partial charge in [-0.2, -0.15) is 0 Å². The fourth-order valence-electron chi connectivity index (χ4n) is 4.49. The average molecular weight is 310 g/mol. The number of fused-ring (bicyclic) bond motifs is 3. The molecule has 4 rings (SSSR count). The molecule has 1 aromatic heterocycles. The highest BCUT2D eigenvalue weighted by Gasteiger charge is 2.46. The molecule has 3 heterocycles. The third-order valence-electron chi connectivity index (χ3n) is 5.75. The molecule has 0 bridgehead atoms. The van der Waals surface area contributed by atoms with Crippen LogP contribution in [0.15, 0.2) is 30.3 Å². The van der Waals surface area contributed by atoms with Gasteiger partial charge in [-0.3, -0.25) is 4.90 Å². The molecule has 4 nitrogen and oxygen atoms in total. The molecule has 2 atom stereocenters. The fraction of sp³-hybridized carbons (Fsp3) is 0.421. The van der Waals surface area contributed by atoms with Crippen molar-refractivity contribution in [3.8, 4) is 0 Å². The summed E-state index contributed by atoms with van der Waals surface area (Å²) in [6.45, 7) is 5.35. The molecular weight excluding hydrogens is 288 g/mol. The van der Waals surface area contributed by atoms with Crippen LogP contribution in [-0.2, 0) is 11.2 Å². The Morgan fingerprint density at radius 2 is 2.13 bits per heavy atom. The van der Waals surface area contributed by atoms with E-state index in [9.17, 15) is 9.90 Å². The average Bonchev–Trinajstić information content (AvgIpc) is 2.87. The van der Waals surface area contributed by atoms with E-state index in [1.165, 1.54) is 16.6 Å². The summed E-state index contributed by atoms with van der Waals surface area (Å²) in [7, 11) is 2.16. The summed E-state index contributed by atoms with van der Waals surface area (Å²) < 4.78 is 1.99. The molecule has 0 unspecified atom stereocenters. The van der Waals surface area contributed by atoms with Crippen LogP contribution in [0.5, 0.6) is 0 Å². The maximum absolute atomic E-state index is 12.0. The lowest BCUT2D eigenvalue weighted by Crippen LogP contribution is -2.44. The SMILES string of the molecule is CC[C@@]1(C)C=C(C(=O)O)n2c3c(c4ccccc42)CCN(C)[C@H]31. The Morgan fingerprint density at radius 1 is 1.39 bits per heavy atom. The smallest absolute Gasteiger partial charge is 0.352 e. The maximum atomic E-state index is 12.0. The van der Waals surface area contributed by atoms with Crippen LogP contribution in [0.25, 0.3) is 16.6 Å². The zero-order valence-corrected chi connectivity index (χ0v) is 13.8. The van der Waals surface area contributed by atoms with Gasteiger partial charge in [-0.15, -0.1) is 0 Å². The van der Waals surface area contributed by atoms with Crippen molar-refractivity contribution in [3.63, 3.8) is 0 Å². The molecule has 0 spiro atoms. The zero-order valence-electron chi connectivity index (χ0n) is 13.8. The number of aromatic nitrogens is 1. The highest BCUT2D eigenvalue weighted by atomic mass is 16.4. The molecule has 2 aromatic rings. The summed E-state index contributed by atoms with van der Waals surface area (Å²) in [5, 5.41) is 11.0. The minimum absolute atomic E-state index is 0.165. The summed E-state index contributed by atoms with van der Waals surface area (Å²) in [5.74, 6) is -0.847. The first-order valence-corrected chi connectivity index (χ1v) is 8.27. The first-order valence-electron chi connectivity index (χ1n) is 8.27. The molecule has 1 aromatic carbocycles. The first-order chi connectivity index (χ1) is 11.0. The predicted octanol–water partition coefficient (Wildman–Crippen LogP) is 3.53. The maximum Gasteiger partial charge on any atom is 0.352 e. The Hall–Kier alpha value is -2.07. The largest absolute Gasteiger partial charge is 0.477 e. The van der Waals surface area contributed by atoms with Crippen LogP contribution < -0.4 is 0 Å². The third kappa shape index (κ3) is 1.78. The molecular formula is C19H22N2O2. The molecule has 0 saturated heterocycles. The number of carboxylic acids is 1. The molecule has 2 aliphatic heterocycles. The molecule has 1 N–H and O–H groups in total. The lowest BCUT2D eigenvalue weighted by atomic mass is 9.72. The van der Waals surface area contributed by atoms with E-state index in [1.54, 1.807) is 0 Å². The van der Waals surface area contributed by atoms with Gasteiger partial charge in [0.2, 0.25) is 0 Å². The van der Waals surface area contributed by atoms with Gasteiger partial charge < -0.3 is 9.67 Å². The van der Waals surface area contributed by atoms with Gasteiger partial charge in [0.1, 0.15) is 5.70 Å². The van der Waals surface area contributed by atoms with Crippen LogP contribution >= 0.6 is 0 Å². The van der Waals surface area contributed by atoms with Gasteiger partial charge >= 0.3 is 5.97 Å². The summed E-state index contributed by atoms with van der Waals surface area (Å²) in [4.78, 5) is 14.4. The molecule has 0 amide bonds. The number of benzene rings is 1. The van der Waals surface area contributed by atoms with Crippen LogP contribution in [0.1, 0.15) is 37.6 Å². The second kappa shape index (κ2) is 4.71. The van der Waals surface area contributed by atoms with Crippen LogP contribution in [0.3, 0.4) is 0 Å². The fourth-order valence-corrected chi connectivity index (χ4v) is 4.49. The standard InChI is InChI=1S/C19H22N2O2/c1-4-19(2)11-15(18(22)23)21-14-8-6-5-7-12(14)13-9-10-20(3)17(19)16(13)21/h5-8,11,17H,4,9-10H2,1-3H3,(H,22,23)/t17-,19+/m1/s1. The van der Waals surface area contributed by atoms with E-state index in [-0.39, 0.29) is 11.5 Å². The van der Waals surface area contributed by atoms with E-state index in [4.69, 9.17) is 0 Å². The van der Waals surface area contributed by atoms with Crippen molar-refractivity contribution in [1.82, 2.24) is 9.47 Å². The number of rotatable bonds is 2. The normalized spacial score (nSPS) is 26.9. The van der Waals surface area contributed by atoms with Gasteiger partial charge in [-0.1, -0.05) is 32.0 Å². The van der Waals surface area contributed by atoms with Gasteiger partial charge in [0, 0.05) is 23.0 Å². The van der Waals surface area contributed by atoms with E-state index >= 15 is 0 Å². The van der Waals surface area contributed by atoms with E-state index in [2.05, 4.69) is 31.9 Å². The van der Waals surface area contributed by atoms with E-state index in [1.807, 2.05) is 28.8 Å². The number of likely N-dealkylation sites (N-methyl/N-ethyl adjacent to an activating group) is 1. The minimum atomic E-state index is -0.847. The zero-order chi connectivity index (χ0) is 16.4. The number of nitrogens with zero attached hydrogens (tertiary/aromatic N) is 2. The second-order valence-electron chi connectivity index (χ2n) is 7.04. The van der Waals surface area contributed by atoms with Crippen LogP contribution in [0.2, 0.25) is 0 Å². The Labute approximate surface area is 136 Å². The Morgan fingerprint density at radius 3 is 2.83 bits per heavy atom. The molecule has 0 radical (unpaired) electrons. The Balaban J connectivity index is 2.15. The van der Waals surface area contributed by atoms with Gasteiger partial charge in [0.15, 0.2) is 0 Å². The summed E-state index contributed by atoms with van der Waals surface area (Å²) in [6.07, 6.45) is 3.87. The molecule has 23 heavy (non-hydrogen) atoms. The number of hydrogen-bond donors (Lipinski definition) is 1. The number of hydrogen-bond acceptors (Lipinski definition) is 2. The first kappa shape index (κ1) is 14.5. The van der Waals surface area contributed by atoms with Crippen LogP contribution in [0, 0.1) is 5.41 Å². The van der Waals surface area contributed by atoms with E-state index < -0.39 is 5.97 Å². The van der Waals surface area contributed by atoms with Crippen molar-refractivity contribution in [1.29, 1.82) is 0 Å². The second-order valence-corrected chi connectivity index (χ2v) is 7.04. The number of aliphatic carboxylic acids is 1. The van der Waals surface area contributed by atoms with E-state index in [0.29, 0.717) is 5.70 Å². The molecule has 4 heteroatoms. The molecule has 0 aliphatic carbocycles. The third-order valence-corrected chi connectivity index (χ3v) is 5.75. The van der Waals surface area contributed by atoms with Gasteiger partial charge in [-0.05, 0) is 37.6 Å². The van der Waals surface area contributed by atoms with Crippen LogP contribution in [0.4, 0.5) is 0 Å². The molecule has 2 aliphatic rings. The highest BCUT2D eigenvalue weighted by molar-refractivity contribution is 6.12. The van der Waals surface area contributed by atoms with Gasteiger partial charge in [-0.25, -0.2) is 4.79 Å². The van der Waals surface area contributed by atoms with Crippen molar-refractivity contribution in [2.75, 3.05) is 13.6 Å². The number of carboxylic acid groups (broad SMARTS) is 1. The lowest BCUT2D eigenvalue weighted by Gasteiger charge is -2.47. The molecule has 0 fully saturated rings. The van der Waals surface area contributed by atoms with Crippen molar-refractivity contribution in [2.24, 2.45) is 5.41 Å². The summed E-state index contributed by atoms with van der Waals surface area (Å²) in [6, 6.07) is 8.42. The lowest BCUT2D eigenvalue weighted by molar-refractivity contribution is -0.130. The van der Waals surface area contributed by atoms with Crippen molar-refractivity contribution < 1.29 is 9.90 Å². The summed E-state index contributed by atoms with van der Waals surface area (Å²) >= 11 is 0. The quantitative estimate of drug-likeness (QED) is 0.923. The number of para-hydroxylation sites is 1. The van der Waals surface area contributed by atoms with Crippen molar-refractivity contribution in [2.45, 2.75) is 32.7 Å². The topological polar surface area (TPSA) is 45.5 Å². The molecule has 120 valence electrons.